The molecule has 30 heavy (non-hydrogen) atoms. The number of sulfonamides is 1. The Morgan fingerprint density at radius 2 is 1.30 bits per heavy atom. The summed E-state index contributed by atoms with van der Waals surface area (Å²) in [6.45, 7) is 5.55. The van der Waals surface area contributed by atoms with Crippen molar-refractivity contribution in [3.05, 3.63) is 83.9 Å². The van der Waals surface area contributed by atoms with Crippen molar-refractivity contribution in [2.45, 2.75) is 31.8 Å². The van der Waals surface area contributed by atoms with Crippen LogP contribution in [0.1, 0.15) is 18.1 Å². The zero-order valence-corrected chi connectivity index (χ0v) is 17.9. The fourth-order valence-corrected chi connectivity index (χ4v) is 3.73. The fraction of sp³-hybridized carbons (Fsp3) is 0.174. The number of amides is 1. The van der Waals surface area contributed by atoms with Crippen LogP contribution >= 0.6 is 0 Å². The van der Waals surface area contributed by atoms with Gasteiger partial charge in [0.2, 0.25) is 0 Å². The van der Waals surface area contributed by atoms with E-state index in [-0.39, 0.29) is 10.8 Å². The lowest BCUT2D eigenvalue weighted by Crippen LogP contribution is -2.30. The van der Waals surface area contributed by atoms with Crippen LogP contribution in [-0.4, -0.2) is 20.4 Å². The number of nitrogens with one attached hydrogen (secondary N) is 2. The average molecular weight is 425 g/mol. The highest BCUT2D eigenvalue weighted by atomic mass is 32.2. The van der Waals surface area contributed by atoms with E-state index in [2.05, 4.69) is 10.0 Å². The topological polar surface area (TPSA) is 84.5 Å². The molecule has 0 bridgehead atoms. The quantitative estimate of drug-likeness (QED) is 0.584. The maximum Gasteiger partial charge on any atom is 0.265 e. The summed E-state index contributed by atoms with van der Waals surface area (Å²) in [5.41, 5.74) is 3.11. The molecule has 0 spiro atoms. The van der Waals surface area contributed by atoms with Gasteiger partial charge in [-0.1, -0.05) is 35.4 Å². The van der Waals surface area contributed by atoms with Gasteiger partial charge in [0.15, 0.2) is 6.10 Å². The van der Waals surface area contributed by atoms with Crippen molar-refractivity contribution in [1.29, 1.82) is 0 Å². The Morgan fingerprint density at radius 1 is 0.800 bits per heavy atom. The van der Waals surface area contributed by atoms with Crippen LogP contribution in [0, 0.1) is 13.8 Å². The van der Waals surface area contributed by atoms with Crippen LogP contribution in [0.2, 0.25) is 0 Å². The van der Waals surface area contributed by atoms with Gasteiger partial charge in [-0.3, -0.25) is 9.52 Å². The van der Waals surface area contributed by atoms with E-state index in [9.17, 15) is 13.2 Å². The van der Waals surface area contributed by atoms with Crippen molar-refractivity contribution in [1.82, 2.24) is 0 Å². The van der Waals surface area contributed by atoms with Crippen LogP contribution in [0.5, 0.6) is 5.75 Å². The second-order valence-electron chi connectivity index (χ2n) is 7.06. The van der Waals surface area contributed by atoms with Gasteiger partial charge >= 0.3 is 0 Å². The van der Waals surface area contributed by atoms with Gasteiger partial charge < -0.3 is 10.1 Å². The van der Waals surface area contributed by atoms with Crippen LogP contribution in [0.4, 0.5) is 11.4 Å². The number of hydrogen-bond acceptors (Lipinski definition) is 4. The molecule has 3 aromatic carbocycles. The Morgan fingerprint density at radius 3 is 1.87 bits per heavy atom. The number of carbonyl (C=O) groups is 1. The number of hydrogen-bond donors (Lipinski definition) is 2. The van der Waals surface area contributed by atoms with Crippen molar-refractivity contribution in [2.24, 2.45) is 0 Å². The summed E-state index contributed by atoms with van der Waals surface area (Å²) in [4.78, 5) is 12.5. The summed E-state index contributed by atoms with van der Waals surface area (Å²) < 4.78 is 33.2. The first-order chi connectivity index (χ1) is 14.2. The maximum absolute atomic E-state index is 12.5. The van der Waals surface area contributed by atoms with Gasteiger partial charge in [0.25, 0.3) is 15.9 Å². The Hall–Kier alpha value is -3.32. The molecule has 1 atom stereocenters. The molecule has 1 amide bonds. The monoisotopic (exact) mass is 424 g/mol. The van der Waals surface area contributed by atoms with Crippen molar-refractivity contribution >= 4 is 27.3 Å². The molecule has 2 N–H and O–H groups in total. The third kappa shape index (κ3) is 5.61. The van der Waals surface area contributed by atoms with Crippen LogP contribution in [0.15, 0.2) is 77.7 Å². The molecule has 0 heterocycles. The first-order valence-corrected chi connectivity index (χ1v) is 10.9. The van der Waals surface area contributed by atoms with Crippen LogP contribution < -0.4 is 14.8 Å². The molecule has 0 unspecified atom stereocenters. The normalized spacial score (nSPS) is 12.1. The van der Waals surface area contributed by atoms with Gasteiger partial charge in [-0.2, -0.15) is 0 Å². The summed E-state index contributed by atoms with van der Waals surface area (Å²) in [6, 6.07) is 20.5. The van der Waals surface area contributed by atoms with Gasteiger partial charge in [-0.25, -0.2) is 8.42 Å². The highest BCUT2D eigenvalue weighted by Gasteiger charge is 2.17. The molecule has 3 aromatic rings. The first-order valence-electron chi connectivity index (χ1n) is 9.47. The molecule has 0 radical (unpaired) electrons. The van der Waals surface area contributed by atoms with Crippen LogP contribution in [0.25, 0.3) is 0 Å². The molecule has 0 aliphatic carbocycles. The van der Waals surface area contributed by atoms with Gasteiger partial charge in [0, 0.05) is 11.4 Å². The van der Waals surface area contributed by atoms with E-state index in [0.717, 1.165) is 11.1 Å². The molecular formula is C23H24N2O4S. The molecule has 0 aromatic heterocycles. The van der Waals surface area contributed by atoms with E-state index in [1.165, 1.54) is 12.1 Å². The third-order valence-corrected chi connectivity index (χ3v) is 5.84. The molecule has 3 rings (SSSR count). The minimum absolute atomic E-state index is 0.102. The summed E-state index contributed by atoms with van der Waals surface area (Å²) in [5, 5.41) is 2.73. The van der Waals surface area contributed by atoms with Crippen molar-refractivity contribution in [2.75, 3.05) is 10.0 Å². The van der Waals surface area contributed by atoms with E-state index in [1.54, 1.807) is 43.3 Å². The number of carbonyl (C=O) groups excluding carboxylic acids is 1. The van der Waals surface area contributed by atoms with Crippen molar-refractivity contribution in [3.8, 4) is 5.75 Å². The highest BCUT2D eigenvalue weighted by molar-refractivity contribution is 7.92. The molecule has 0 saturated heterocycles. The number of rotatable bonds is 7. The van der Waals surface area contributed by atoms with E-state index >= 15 is 0 Å². The van der Waals surface area contributed by atoms with Gasteiger partial charge in [-0.05, 0) is 69.3 Å². The Bertz CT molecular complexity index is 1110. The maximum atomic E-state index is 12.5. The average Bonchev–Trinajstić information content (AvgIpc) is 2.71. The predicted molar refractivity (Wildman–Crippen MR) is 118 cm³/mol. The SMILES string of the molecule is Cc1ccc(NS(=O)(=O)c2ccc(NC(=O)[C@H](C)Oc3ccc(C)cc3)cc2)cc1. The summed E-state index contributed by atoms with van der Waals surface area (Å²) >= 11 is 0. The number of aryl methyl sites for hydroxylation is 2. The summed E-state index contributed by atoms with van der Waals surface area (Å²) in [5.74, 6) is 0.274. The van der Waals surface area contributed by atoms with Crippen LogP contribution in [0.3, 0.4) is 0 Å². The van der Waals surface area contributed by atoms with Gasteiger partial charge in [0.1, 0.15) is 5.75 Å². The zero-order valence-electron chi connectivity index (χ0n) is 17.0. The summed E-state index contributed by atoms with van der Waals surface area (Å²) in [7, 11) is -3.72. The molecule has 0 aliphatic rings. The fourth-order valence-electron chi connectivity index (χ4n) is 2.67. The van der Waals surface area contributed by atoms with Crippen LogP contribution in [-0.2, 0) is 14.8 Å². The lowest BCUT2D eigenvalue weighted by molar-refractivity contribution is -0.122. The zero-order chi connectivity index (χ0) is 21.7. The summed E-state index contributed by atoms with van der Waals surface area (Å²) in [6.07, 6.45) is -0.709. The minimum Gasteiger partial charge on any atom is -0.481 e. The molecule has 0 fully saturated rings. The lowest BCUT2D eigenvalue weighted by atomic mass is 10.2. The van der Waals surface area contributed by atoms with E-state index in [0.29, 0.717) is 17.1 Å². The van der Waals surface area contributed by atoms with Crippen molar-refractivity contribution in [3.63, 3.8) is 0 Å². The molecule has 0 saturated carbocycles. The smallest absolute Gasteiger partial charge is 0.265 e. The highest BCUT2D eigenvalue weighted by Crippen LogP contribution is 2.19. The second kappa shape index (κ2) is 9.00. The Kier molecular flexibility index (Phi) is 6.42. The van der Waals surface area contributed by atoms with E-state index in [1.807, 2.05) is 38.1 Å². The van der Waals surface area contributed by atoms with Gasteiger partial charge in [-0.15, -0.1) is 0 Å². The minimum atomic E-state index is -3.72. The first kappa shape index (κ1) is 21.4. The van der Waals surface area contributed by atoms with E-state index < -0.39 is 16.1 Å². The molecule has 156 valence electrons. The standard InChI is InChI=1S/C23H24N2O4S/c1-16-4-8-20(9-5-16)25-30(27,28)22-14-10-19(11-15-22)24-23(26)18(3)29-21-12-6-17(2)7-13-21/h4-15,18,25H,1-3H3,(H,24,26)/t18-/m0/s1. The number of anilines is 2. The molecular weight excluding hydrogens is 400 g/mol. The third-order valence-electron chi connectivity index (χ3n) is 4.44. The Balaban J connectivity index is 1.62. The second-order valence-corrected chi connectivity index (χ2v) is 8.74. The largest absolute Gasteiger partial charge is 0.481 e. The lowest BCUT2D eigenvalue weighted by Gasteiger charge is -2.15. The Labute approximate surface area is 177 Å². The van der Waals surface area contributed by atoms with Crippen molar-refractivity contribution < 1.29 is 17.9 Å². The van der Waals surface area contributed by atoms with Gasteiger partial charge in [0.05, 0.1) is 4.90 Å². The number of benzene rings is 3. The molecule has 0 aliphatic heterocycles. The molecule has 6 nitrogen and oxygen atoms in total. The number of ether oxygens (including phenoxy) is 1. The predicted octanol–water partition coefficient (Wildman–Crippen LogP) is 4.51. The molecule has 7 heteroatoms. The van der Waals surface area contributed by atoms with E-state index in [4.69, 9.17) is 4.74 Å².